The molecule has 0 aliphatic heterocycles. The summed E-state index contributed by atoms with van der Waals surface area (Å²) in [6.45, 7) is 7.51. The first-order chi connectivity index (χ1) is 8.51. The van der Waals surface area contributed by atoms with Crippen molar-refractivity contribution in [1.82, 2.24) is 0 Å². The van der Waals surface area contributed by atoms with Crippen LogP contribution < -0.4 is 15.4 Å². The SMILES string of the molecule is CCC(C)CN(C)c1cccc(OC)c1[C@@H](C)N. The van der Waals surface area contributed by atoms with E-state index in [4.69, 9.17) is 10.5 Å². The van der Waals surface area contributed by atoms with E-state index in [0.29, 0.717) is 5.92 Å². The molecule has 0 aliphatic rings. The van der Waals surface area contributed by atoms with Gasteiger partial charge < -0.3 is 15.4 Å². The minimum absolute atomic E-state index is 0.0319. The highest BCUT2D eigenvalue weighted by molar-refractivity contribution is 5.60. The molecule has 3 heteroatoms. The number of benzene rings is 1. The highest BCUT2D eigenvalue weighted by atomic mass is 16.5. The Labute approximate surface area is 111 Å². The minimum Gasteiger partial charge on any atom is -0.496 e. The Morgan fingerprint density at radius 1 is 1.33 bits per heavy atom. The van der Waals surface area contributed by atoms with E-state index in [-0.39, 0.29) is 6.04 Å². The van der Waals surface area contributed by atoms with Crippen molar-refractivity contribution in [2.24, 2.45) is 11.7 Å². The Morgan fingerprint density at radius 3 is 2.50 bits per heavy atom. The lowest BCUT2D eigenvalue weighted by Crippen LogP contribution is -2.26. The Bertz CT molecular complexity index is 377. The second kappa shape index (κ2) is 6.64. The Kier molecular flexibility index (Phi) is 5.48. The van der Waals surface area contributed by atoms with Crippen LogP contribution in [-0.2, 0) is 0 Å². The standard InChI is InChI=1S/C15H26N2O/c1-6-11(2)10-17(4)13-8-7-9-14(18-5)15(13)12(3)16/h7-9,11-12H,6,10,16H2,1-5H3/t11?,12-/m1/s1. The maximum Gasteiger partial charge on any atom is 0.125 e. The molecule has 1 aromatic rings. The molecule has 3 nitrogen and oxygen atoms in total. The Hall–Kier alpha value is -1.22. The van der Waals surface area contributed by atoms with Crippen LogP contribution in [0.5, 0.6) is 5.75 Å². The third kappa shape index (κ3) is 3.39. The van der Waals surface area contributed by atoms with Crippen molar-refractivity contribution in [2.45, 2.75) is 33.2 Å². The van der Waals surface area contributed by atoms with Gasteiger partial charge in [0.05, 0.1) is 7.11 Å². The van der Waals surface area contributed by atoms with Gasteiger partial charge in [-0.05, 0) is 25.0 Å². The van der Waals surface area contributed by atoms with Crippen LogP contribution in [0.4, 0.5) is 5.69 Å². The molecule has 18 heavy (non-hydrogen) atoms. The second-order valence-corrected chi connectivity index (χ2v) is 5.08. The number of anilines is 1. The van der Waals surface area contributed by atoms with Gasteiger partial charge in [0.1, 0.15) is 5.75 Å². The third-order valence-electron chi connectivity index (χ3n) is 3.41. The molecule has 102 valence electrons. The summed E-state index contributed by atoms with van der Waals surface area (Å²) in [5.74, 6) is 1.54. The van der Waals surface area contributed by atoms with E-state index in [9.17, 15) is 0 Å². The molecule has 0 aliphatic carbocycles. The van der Waals surface area contributed by atoms with Crippen molar-refractivity contribution in [3.05, 3.63) is 23.8 Å². The zero-order valence-electron chi connectivity index (χ0n) is 12.2. The maximum atomic E-state index is 6.09. The van der Waals surface area contributed by atoms with Gasteiger partial charge in [-0.15, -0.1) is 0 Å². The quantitative estimate of drug-likeness (QED) is 0.842. The smallest absolute Gasteiger partial charge is 0.125 e. The van der Waals surface area contributed by atoms with Crippen LogP contribution in [-0.4, -0.2) is 20.7 Å². The van der Waals surface area contributed by atoms with Gasteiger partial charge in [-0.2, -0.15) is 0 Å². The first-order valence-corrected chi connectivity index (χ1v) is 6.64. The van der Waals surface area contributed by atoms with Gasteiger partial charge in [-0.1, -0.05) is 26.3 Å². The van der Waals surface area contributed by atoms with Gasteiger partial charge in [-0.3, -0.25) is 0 Å². The number of methoxy groups -OCH3 is 1. The van der Waals surface area contributed by atoms with Gasteiger partial charge in [0.15, 0.2) is 0 Å². The van der Waals surface area contributed by atoms with Crippen LogP contribution in [0.1, 0.15) is 38.8 Å². The highest BCUT2D eigenvalue weighted by Gasteiger charge is 2.16. The molecule has 2 N–H and O–H groups in total. The lowest BCUT2D eigenvalue weighted by molar-refractivity contribution is 0.407. The predicted octanol–water partition coefficient (Wildman–Crippen LogP) is 3.20. The van der Waals surface area contributed by atoms with E-state index in [2.05, 4.69) is 31.9 Å². The van der Waals surface area contributed by atoms with Crippen molar-refractivity contribution in [2.75, 3.05) is 25.6 Å². The second-order valence-electron chi connectivity index (χ2n) is 5.08. The lowest BCUT2D eigenvalue weighted by Gasteiger charge is -2.27. The van der Waals surface area contributed by atoms with E-state index in [1.807, 2.05) is 19.1 Å². The fraction of sp³-hybridized carbons (Fsp3) is 0.600. The molecule has 0 saturated carbocycles. The van der Waals surface area contributed by atoms with Crippen LogP contribution in [0, 0.1) is 5.92 Å². The molecule has 1 rings (SSSR count). The number of hydrogen-bond donors (Lipinski definition) is 1. The average Bonchev–Trinajstić information content (AvgIpc) is 2.37. The molecule has 0 amide bonds. The third-order valence-corrected chi connectivity index (χ3v) is 3.41. The molecule has 0 spiro atoms. The minimum atomic E-state index is -0.0319. The fourth-order valence-electron chi connectivity index (χ4n) is 2.20. The summed E-state index contributed by atoms with van der Waals surface area (Å²) >= 11 is 0. The Morgan fingerprint density at radius 2 is 2.00 bits per heavy atom. The maximum absolute atomic E-state index is 6.09. The number of rotatable bonds is 6. The average molecular weight is 250 g/mol. The first kappa shape index (κ1) is 14.8. The normalized spacial score (nSPS) is 14.1. The molecule has 0 heterocycles. The molecule has 1 aromatic carbocycles. The molecule has 1 unspecified atom stereocenters. The van der Waals surface area contributed by atoms with Gasteiger partial charge in [0, 0.05) is 30.9 Å². The summed E-state index contributed by atoms with van der Waals surface area (Å²) in [6, 6.07) is 6.08. The van der Waals surface area contributed by atoms with Crippen molar-refractivity contribution in [3.8, 4) is 5.75 Å². The highest BCUT2D eigenvalue weighted by Crippen LogP contribution is 2.33. The molecule has 0 bridgehead atoms. The van der Waals surface area contributed by atoms with Gasteiger partial charge in [-0.25, -0.2) is 0 Å². The van der Waals surface area contributed by atoms with Crippen LogP contribution in [0.3, 0.4) is 0 Å². The van der Waals surface area contributed by atoms with E-state index in [1.54, 1.807) is 7.11 Å². The summed E-state index contributed by atoms with van der Waals surface area (Å²) in [6.07, 6.45) is 1.18. The Balaban J connectivity index is 3.07. The summed E-state index contributed by atoms with van der Waals surface area (Å²) in [5.41, 5.74) is 8.35. The van der Waals surface area contributed by atoms with Crippen molar-refractivity contribution in [3.63, 3.8) is 0 Å². The number of nitrogens with two attached hydrogens (primary N) is 1. The van der Waals surface area contributed by atoms with Crippen molar-refractivity contribution < 1.29 is 4.74 Å². The van der Waals surface area contributed by atoms with E-state index in [1.165, 1.54) is 12.1 Å². The van der Waals surface area contributed by atoms with Gasteiger partial charge in [0.25, 0.3) is 0 Å². The fourth-order valence-corrected chi connectivity index (χ4v) is 2.20. The molecule has 0 fully saturated rings. The molecule has 0 aromatic heterocycles. The number of nitrogens with zero attached hydrogens (tertiary/aromatic N) is 1. The van der Waals surface area contributed by atoms with Gasteiger partial charge in [0.2, 0.25) is 0 Å². The molecule has 2 atom stereocenters. The summed E-state index contributed by atoms with van der Waals surface area (Å²) < 4.78 is 5.42. The van der Waals surface area contributed by atoms with E-state index in [0.717, 1.165) is 17.9 Å². The zero-order chi connectivity index (χ0) is 13.7. The van der Waals surface area contributed by atoms with Crippen molar-refractivity contribution in [1.29, 1.82) is 0 Å². The summed E-state index contributed by atoms with van der Waals surface area (Å²) in [4.78, 5) is 2.27. The monoisotopic (exact) mass is 250 g/mol. The molecular formula is C15H26N2O. The molecule has 0 radical (unpaired) electrons. The zero-order valence-corrected chi connectivity index (χ0v) is 12.2. The van der Waals surface area contributed by atoms with Crippen LogP contribution in [0.25, 0.3) is 0 Å². The summed E-state index contributed by atoms with van der Waals surface area (Å²) in [7, 11) is 3.81. The summed E-state index contributed by atoms with van der Waals surface area (Å²) in [5, 5.41) is 0. The predicted molar refractivity (Wildman–Crippen MR) is 78.3 cm³/mol. The number of hydrogen-bond acceptors (Lipinski definition) is 3. The van der Waals surface area contributed by atoms with E-state index < -0.39 is 0 Å². The lowest BCUT2D eigenvalue weighted by atomic mass is 10.0. The topological polar surface area (TPSA) is 38.5 Å². The number of ether oxygens (including phenoxy) is 1. The van der Waals surface area contributed by atoms with Crippen LogP contribution in [0.2, 0.25) is 0 Å². The van der Waals surface area contributed by atoms with Crippen LogP contribution in [0.15, 0.2) is 18.2 Å². The largest absolute Gasteiger partial charge is 0.496 e. The first-order valence-electron chi connectivity index (χ1n) is 6.64. The van der Waals surface area contributed by atoms with Crippen LogP contribution >= 0.6 is 0 Å². The molecular weight excluding hydrogens is 224 g/mol. The van der Waals surface area contributed by atoms with Crippen molar-refractivity contribution >= 4 is 5.69 Å². The molecule has 0 saturated heterocycles. The van der Waals surface area contributed by atoms with Gasteiger partial charge >= 0.3 is 0 Å². The van der Waals surface area contributed by atoms with E-state index >= 15 is 0 Å².